The predicted molar refractivity (Wildman–Crippen MR) is 114 cm³/mol. The number of ether oxygens (including phenoxy) is 3. The third-order valence-electron chi connectivity index (χ3n) is 4.83. The summed E-state index contributed by atoms with van der Waals surface area (Å²) in [7, 11) is 0. The topological polar surface area (TPSA) is 97.9 Å². The Morgan fingerprint density at radius 3 is 2.74 bits per heavy atom. The lowest BCUT2D eigenvalue weighted by Crippen LogP contribution is -2.24. The van der Waals surface area contributed by atoms with E-state index < -0.39 is 0 Å². The Kier molecular flexibility index (Phi) is 5.58. The highest BCUT2D eigenvalue weighted by Crippen LogP contribution is 2.34. The first-order chi connectivity index (χ1) is 15.0. The zero-order chi connectivity index (χ0) is 21.8. The lowest BCUT2D eigenvalue weighted by molar-refractivity contribution is -0.123. The maximum atomic E-state index is 12.0. The van der Waals surface area contributed by atoms with Gasteiger partial charge in [-0.1, -0.05) is 0 Å². The quantitative estimate of drug-likeness (QED) is 0.491. The Morgan fingerprint density at radius 1 is 1.19 bits per heavy atom. The van der Waals surface area contributed by atoms with Crippen molar-refractivity contribution in [3.05, 3.63) is 71.0 Å². The number of aryl methyl sites for hydroxylation is 1. The Labute approximate surface area is 179 Å². The molecular formula is C23H20N4O4. The molecule has 0 bridgehead atoms. The van der Waals surface area contributed by atoms with Gasteiger partial charge in [0.25, 0.3) is 5.91 Å². The summed E-state index contributed by atoms with van der Waals surface area (Å²) in [6.45, 7) is 4.03. The molecule has 1 N–H and O–H groups in total. The van der Waals surface area contributed by atoms with Crippen LogP contribution in [-0.4, -0.2) is 30.1 Å². The van der Waals surface area contributed by atoms with Gasteiger partial charge < -0.3 is 18.8 Å². The molecule has 8 nitrogen and oxygen atoms in total. The molecule has 156 valence electrons. The van der Waals surface area contributed by atoms with Crippen LogP contribution in [-0.2, 0) is 4.79 Å². The normalized spacial score (nSPS) is 12.0. The molecule has 0 atom stereocenters. The maximum Gasteiger partial charge on any atom is 0.277 e. The molecule has 31 heavy (non-hydrogen) atoms. The van der Waals surface area contributed by atoms with Gasteiger partial charge in [-0.05, 0) is 56.3 Å². The average Bonchev–Trinajstić information content (AvgIpc) is 3.36. The summed E-state index contributed by atoms with van der Waals surface area (Å²) in [4.78, 5) is 12.0. The fraction of sp³-hybridized carbons (Fsp3) is 0.174. The molecule has 0 spiro atoms. The van der Waals surface area contributed by atoms with Gasteiger partial charge in [0, 0.05) is 28.7 Å². The molecular weight excluding hydrogens is 396 g/mol. The van der Waals surface area contributed by atoms with Crippen LogP contribution in [0.2, 0.25) is 0 Å². The monoisotopic (exact) mass is 416 g/mol. The largest absolute Gasteiger partial charge is 0.484 e. The number of rotatable bonds is 6. The molecule has 0 unspecified atom stereocenters. The molecule has 0 radical (unpaired) electrons. The van der Waals surface area contributed by atoms with Crippen LogP contribution in [0.5, 0.6) is 17.2 Å². The summed E-state index contributed by atoms with van der Waals surface area (Å²) < 4.78 is 18.3. The summed E-state index contributed by atoms with van der Waals surface area (Å²) in [6.07, 6.45) is 1.60. The van der Waals surface area contributed by atoms with Crippen LogP contribution in [0.15, 0.2) is 53.6 Å². The first-order valence-corrected chi connectivity index (χ1v) is 9.59. The number of carbonyl (C=O) groups is 1. The number of fused-ring (bicyclic) bond motifs is 1. The second-order valence-corrected chi connectivity index (χ2v) is 6.92. The van der Waals surface area contributed by atoms with Gasteiger partial charge in [0.15, 0.2) is 18.1 Å². The lowest BCUT2D eigenvalue weighted by Gasteiger charge is -2.10. The van der Waals surface area contributed by atoms with E-state index in [1.165, 1.54) is 0 Å². The minimum atomic E-state index is -0.384. The third kappa shape index (κ3) is 4.36. The highest BCUT2D eigenvalue weighted by molar-refractivity contribution is 5.84. The molecule has 1 aliphatic heterocycles. The van der Waals surface area contributed by atoms with Crippen molar-refractivity contribution in [3.63, 3.8) is 0 Å². The van der Waals surface area contributed by atoms with E-state index in [0.29, 0.717) is 11.3 Å². The van der Waals surface area contributed by atoms with E-state index in [1.54, 1.807) is 30.5 Å². The molecule has 4 rings (SSSR count). The van der Waals surface area contributed by atoms with Crippen molar-refractivity contribution in [1.82, 2.24) is 9.99 Å². The number of hydrazone groups is 1. The molecule has 0 saturated heterocycles. The van der Waals surface area contributed by atoms with Gasteiger partial charge in [-0.25, -0.2) is 5.43 Å². The molecule has 1 aliphatic rings. The van der Waals surface area contributed by atoms with Gasteiger partial charge in [-0.15, -0.1) is 0 Å². The first-order valence-electron chi connectivity index (χ1n) is 9.59. The molecule has 0 fully saturated rings. The van der Waals surface area contributed by atoms with E-state index in [4.69, 9.17) is 19.5 Å². The van der Waals surface area contributed by atoms with Crippen LogP contribution in [0, 0.1) is 25.2 Å². The average molecular weight is 416 g/mol. The number of benzene rings is 2. The number of nitrogens with zero attached hydrogens (tertiary/aromatic N) is 3. The van der Waals surface area contributed by atoms with E-state index in [0.717, 1.165) is 34.1 Å². The first kappa shape index (κ1) is 20.0. The molecule has 2 aromatic carbocycles. The van der Waals surface area contributed by atoms with Crippen LogP contribution >= 0.6 is 0 Å². The van der Waals surface area contributed by atoms with Crippen molar-refractivity contribution in [1.29, 1.82) is 5.26 Å². The standard InChI is InChI=1S/C23H20N4O4/c1-15-9-18(16(2)27(15)19-5-8-21-22(10-19)31-14-30-21)12-25-26-23(28)13-29-20-6-3-17(11-24)4-7-20/h3-10,12H,13-14H2,1-2H3,(H,26,28)/b25-12-. The minimum absolute atomic E-state index is 0.181. The van der Waals surface area contributed by atoms with Crippen molar-refractivity contribution in [2.75, 3.05) is 13.4 Å². The summed E-state index contributed by atoms with van der Waals surface area (Å²) in [5, 5.41) is 12.8. The molecule has 1 amide bonds. The highest BCUT2D eigenvalue weighted by Gasteiger charge is 2.16. The number of aromatic nitrogens is 1. The molecule has 2 heterocycles. The van der Waals surface area contributed by atoms with E-state index in [1.807, 2.05) is 44.2 Å². The highest BCUT2D eigenvalue weighted by atomic mass is 16.7. The second kappa shape index (κ2) is 8.63. The predicted octanol–water partition coefficient (Wildman–Crippen LogP) is 3.22. The molecule has 0 saturated carbocycles. The Bertz CT molecular complexity index is 1190. The number of amides is 1. The zero-order valence-electron chi connectivity index (χ0n) is 17.1. The zero-order valence-corrected chi connectivity index (χ0v) is 17.1. The number of hydrogen-bond donors (Lipinski definition) is 1. The van der Waals surface area contributed by atoms with Crippen molar-refractivity contribution >= 4 is 12.1 Å². The number of nitriles is 1. The fourth-order valence-corrected chi connectivity index (χ4v) is 3.32. The van der Waals surface area contributed by atoms with Gasteiger partial charge >= 0.3 is 0 Å². The Balaban J connectivity index is 1.38. The van der Waals surface area contributed by atoms with Crippen molar-refractivity contribution in [3.8, 4) is 29.0 Å². The van der Waals surface area contributed by atoms with Crippen molar-refractivity contribution in [2.24, 2.45) is 5.10 Å². The fourth-order valence-electron chi connectivity index (χ4n) is 3.32. The minimum Gasteiger partial charge on any atom is -0.484 e. The smallest absolute Gasteiger partial charge is 0.277 e. The summed E-state index contributed by atoms with van der Waals surface area (Å²) >= 11 is 0. The lowest BCUT2D eigenvalue weighted by atomic mass is 10.2. The third-order valence-corrected chi connectivity index (χ3v) is 4.83. The van der Waals surface area contributed by atoms with E-state index in [-0.39, 0.29) is 19.3 Å². The summed E-state index contributed by atoms with van der Waals surface area (Å²) in [6, 6.07) is 16.3. The van der Waals surface area contributed by atoms with Gasteiger partial charge in [0.05, 0.1) is 17.8 Å². The number of carbonyl (C=O) groups excluding carboxylic acids is 1. The summed E-state index contributed by atoms with van der Waals surface area (Å²) in [5.74, 6) is 1.57. The second-order valence-electron chi connectivity index (χ2n) is 6.92. The van der Waals surface area contributed by atoms with Crippen LogP contribution in [0.1, 0.15) is 22.5 Å². The molecule has 0 aliphatic carbocycles. The molecule has 8 heteroatoms. The summed E-state index contributed by atoms with van der Waals surface area (Å²) in [5.41, 5.74) is 6.82. The Hall–Kier alpha value is -4.25. The SMILES string of the molecule is Cc1cc(/C=N\NC(=O)COc2ccc(C#N)cc2)c(C)n1-c1ccc2c(c1)OCO2. The van der Waals surface area contributed by atoms with Gasteiger partial charge in [0.1, 0.15) is 5.75 Å². The van der Waals surface area contributed by atoms with Crippen LogP contribution in [0.25, 0.3) is 5.69 Å². The van der Waals surface area contributed by atoms with Crippen LogP contribution in [0.3, 0.4) is 0 Å². The van der Waals surface area contributed by atoms with Gasteiger partial charge in [-0.3, -0.25) is 4.79 Å². The van der Waals surface area contributed by atoms with E-state index in [9.17, 15) is 4.79 Å². The maximum absolute atomic E-state index is 12.0. The van der Waals surface area contributed by atoms with E-state index in [2.05, 4.69) is 15.1 Å². The van der Waals surface area contributed by atoms with Gasteiger partial charge in [0.2, 0.25) is 6.79 Å². The van der Waals surface area contributed by atoms with Crippen molar-refractivity contribution < 1.29 is 19.0 Å². The number of hydrogen-bond acceptors (Lipinski definition) is 6. The van der Waals surface area contributed by atoms with E-state index >= 15 is 0 Å². The van der Waals surface area contributed by atoms with Crippen molar-refractivity contribution in [2.45, 2.75) is 13.8 Å². The Morgan fingerprint density at radius 2 is 1.97 bits per heavy atom. The number of nitrogens with one attached hydrogen (secondary N) is 1. The van der Waals surface area contributed by atoms with Crippen LogP contribution in [0.4, 0.5) is 0 Å². The van der Waals surface area contributed by atoms with Crippen LogP contribution < -0.4 is 19.6 Å². The van der Waals surface area contributed by atoms with Gasteiger partial charge in [-0.2, -0.15) is 10.4 Å². The molecule has 1 aromatic heterocycles. The molecule has 3 aromatic rings.